The Morgan fingerprint density at radius 1 is 1.18 bits per heavy atom. The summed E-state index contributed by atoms with van der Waals surface area (Å²) in [6.45, 7) is 2.77. The molecule has 0 saturated heterocycles. The molecule has 0 aliphatic rings. The first kappa shape index (κ1) is 24.3. The molecule has 0 spiro atoms. The average Bonchev–Trinajstić information content (AvgIpc) is 3.22. The molecule has 0 atom stereocenters. The van der Waals surface area contributed by atoms with E-state index in [1.807, 2.05) is 29.7 Å². The van der Waals surface area contributed by atoms with Crippen LogP contribution in [-0.2, 0) is 22.7 Å². The molecule has 2 amide bonds. The number of amides is 2. The lowest BCUT2D eigenvalue weighted by Crippen LogP contribution is -2.22. The van der Waals surface area contributed by atoms with Crippen molar-refractivity contribution in [3.8, 4) is 5.75 Å². The lowest BCUT2D eigenvalue weighted by molar-refractivity contribution is -0.116. The van der Waals surface area contributed by atoms with Gasteiger partial charge < -0.3 is 19.9 Å². The molecule has 0 bridgehead atoms. The number of carbonyl (C=O) groups is 2. The van der Waals surface area contributed by atoms with Crippen LogP contribution in [-0.4, -0.2) is 39.4 Å². The van der Waals surface area contributed by atoms with Gasteiger partial charge in [0.2, 0.25) is 11.8 Å². The largest absolute Gasteiger partial charge is 0.497 e. The molecule has 1 aromatic heterocycles. The van der Waals surface area contributed by atoms with E-state index in [1.54, 1.807) is 43.5 Å². The summed E-state index contributed by atoms with van der Waals surface area (Å²) >= 11 is 7.37. The second kappa shape index (κ2) is 12.1. The number of aromatic nitrogens is 3. The van der Waals surface area contributed by atoms with Crippen molar-refractivity contribution in [3.63, 3.8) is 0 Å². The van der Waals surface area contributed by atoms with Gasteiger partial charge in [0.25, 0.3) is 0 Å². The summed E-state index contributed by atoms with van der Waals surface area (Å²) < 4.78 is 7.03. The number of thioether (sulfide) groups is 1. The van der Waals surface area contributed by atoms with Crippen LogP contribution in [0.5, 0.6) is 5.75 Å². The standard InChI is InChI=1S/C23H24ClN5O3S/c1-3-29-20(14-25-21(30)12-11-16-7-4-5-10-19(16)24)27-28-23(29)33-15-22(31)26-17-8-6-9-18(13-17)32-2/h4-13H,3,14-15H2,1-2H3,(H,25,30)(H,26,31). The molecule has 0 saturated carbocycles. The van der Waals surface area contributed by atoms with E-state index < -0.39 is 0 Å². The third-order valence-electron chi connectivity index (χ3n) is 4.54. The maximum absolute atomic E-state index is 12.3. The monoisotopic (exact) mass is 485 g/mol. The van der Waals surface area contributed by atoms with Crippen molar-refractivity contribution in [2.45, 2.75) is 25.2 Å². The fourth-order valence-electron chi connectivity index (χ4n) is 2.90. The van der Waals surface area contributed by atoms with Crippen molar-refractivity contribution in [2.75, 3.05) is 18.2 Å². The molecular weight excluding hydrogens is 462 g/mol. The molecule has 2 N–H and O–H groups in total. The number of nitrogens with one attached hydrogen (secondary N) is 2. The van der Waals surface area contributed by atoms with Crippen LogP contribution >= 0.6 is 23.4 Å². The van der Waals surface area contributed by atoms with Gasteiger partial charge in [0.1, 0.15) is 5.75 Å². The zero-order chi connectivity index (χ0) is 23.6. The highest BCUT2D eigenvalue weighted by atomic mass is 35.5. The number of hydrogen-bond donors (Lipinski definition) is 2. The molecule has 8 nitrogen and oxygen atoms in total. The van der Waals surface area contributed by atoms with E-state index >= 15 is 0 Å². The van der Waals surface area contributed by atoms with E-state index in [0.717, 1.165) is 5.56 Å². The second-order valence-electron chi connectivity index (χ2n) is 6.78. The Bertz CT molecular complexity index is 1150. The van der Waals surface area contributed by atoms with E-state index in [1.165, 1.54) is 17.8 Å². The molecule has 0 aliphatic heterocycles. The predicted octanol–water partition coefficient (Wildman–Crippen LogP) is 4.02. The fourth-order valence-corrected chi connectivity index (χ4v) is 3.92. The van der Waals surface area contributed by atoms with E-state index in [-0.39, 0.29) is 24.1 Å². The van der Waals surface area contributed by atoms with Gasteiger partial charge >= 0.3 is 0 Å². The van der Waals surface area contributed by atoms with Crippen LogP contribution in [0.2, 0.25) is 5.02 Å². The summed E-state index contributed by atoms with van der Waals surface area (Å²) in [7, 11) is 1.57. The van der Waals surface area contributed by atoms with Gasteiger partial charge in [0, 0.05) is 29.4 Å². The van der Waals surface area contributed by atoms with E-state index in [9.17, 15) is 9.59 Å². The van der Waals surface area contributed by atoms with E-state index in [2.05, 4.69) is 20.8 Å². The molecular formula is C23H24ClN5O3S. The molecule has 2 aromatic carbocycles. The highest BCUT2D eigenvalue weighted by molar-refractivity contribution is 7.99. The molecule has 0 fully saturated rings. The third kappa shape index (κ3) is 7.10. The maximum atomic E-state index is 12.3. The minimum absolute atomic E-state index is 0.168. The van der Waals surface area contributed by atoms with Crippen LogP contribution in [0.4, 0.5) is 5.69 Å². The van der Waals surface area contributed by atoms with Gasteiger partial charge in [0.15, 0.2) is 11.0 Å². The molecule has 0 radical (unpaired) electrons. The Kier molecular flexibility index (Phi) is 8.91. The average molecular weight is 486 g/mol. The van der Waals surface area contributed by atoms with Crippen molar-refractivity contribution in [3.05, 3.63) is 71.0 Å². The van der Waals surface area contributed by atoms with Gasteiger partial charge in [-0.05, 0) is 36.8 Å². The minimum Gasteiger partial charge on any atom is -0.497 e. The van der Waals surface area contributed by atoms with Crippen LogP contribution in [0.25, 0.3) is 6.08 Å². The lowest BCUT2D eigenvalue weighted by Gasteiger charge is -2.09. The smallest absolute Gasteiger partial charge is 0.244 e. The van der Waals surface area contributed by atoms with Crippen molar-refractivity contribution in [1.29, 1.82) is 0 Å². The third-order valence-corrected chi connectivity index (χ3v) is 5.85. The topological polar surface area (TPSA) is 98.1 Å². The Hall–Kier alpha value is -3.30. The number of benzene rings is 2. The number of carbonyl (C=O) groups excluding carboxylic acids is 2. The Morgan fingerprint density at radius 2 is 2.00 bits per heavy atom. The number of rotatable bonds is 10. The van der Waals surface area contributed by atoms with E-state index in [4.69, 9.17) is 16.3 Å². The highest BCUT2D eigenvalue weighted by Crippen LogP contribution is 2.20. The number of ether oxygens (including phenoxy) is 1. The van der Waals surface area contributed by atoms with E-state index in [0.29, 0.717) is 34.0 Å². The normalized spacial score (nSPS) is 10.9. The molecule has 3 aromatic rings. The SMILES string of the molecule is CCn1c(CNC(=O)C=Cc2ccccc2Cl)nnc1SCC(=O)Nc1cccc(OC)c1. The molecule has 0 aliphatic carbocycles. The van der Waals surface area contributed by atoms with Crippen molar-refractivity contribution in [2.24, 2.45) is 0 Å². The summed E-state index contributed by atoms with van der Waals surface area (Å²) in [5, 5.41) is 15.1. The molecule has 172 valence electrons. The van der Waals surface area contributed by atoms with Gasteiger partial charge in [-0.1, -0.05) is 47.6 Å². The van der Waals surface area contributed by atoms with Gasteiger partial charge in [0.05, 0.1) is 19.4 Å². The number of methoxy groups -OCH3 is 1. The first-order chi connectivity index (χ1) is 16.0. The molecule has 10 heteroatoms. The molecule has 33 heavy (non-hydrogen) atoms. The van der Waals surface area contributed by atoms with Crippen LogP contribution in [0.3, 0.4) is 0 Å². The number of halogens is 1. The summed E-state index contributed by atoms with van der Waals surface area (Å²) in [4.78, 5) is 24.5. The predicted molar refractivity (Wildman–Crippen MR) is 130 cm³/mol. The number of nitrogens with zero attached hydrogens (tertiary/aromatic N) is 3. The van der Waals surface area contributed by atoms with Crippen LogP contribution in [0.1, 0.15) is 18.3 Å². The molecule has 0 unspecified atom stereocenters. The Balaban J connectivity index is 1.53. The maximum Gasteiger partial charge on any atom is 0.244 e. The van der Waals surface area contributed by atoms with Crippen LogP contribution in [0, 0.1) is 0 Å². The lowest BCUT2D eigenvalue weighted by atomic mass is 10.2. The van der Waals surface area contributed by atoms with Gasteiger partial charge in [-0.15, -0.1) is 10.2 Å². The highest BCUT2D eigenvalue weighted by Gasteiger charge is 2.14. The number of anilines is 1. The zero-order valence-corrected chi connectivity index (χ0v) is 19.8. The summed E-state index contributed by atoms with van der Waals surface area (Å²) in [6, 6.07) is 14.4. The Morgan fingerprint density at radius 3 is 2.76 bits per heavy atom. The first-order valence-electron chi connectivity index (χ1n) is 10.2. The summed E-state index contributed by atoms with van der Waals surface area (Å²) in [6.07, 6.45) is 3.08. The summed E-state index contributed by atoms with van der Waals surface area (Å²) in [5.41, 5.74) is 1.42. The Labute approximate surface area is 201 Å². The molecule has 3 rings (SSSR count). The number of hydrogen-bond acceptors (Lipinski definition) is 6. The van der Waals surface area contributed by atoms with Crippen LogP contribution in [0.15, 0.2) is 59.8 Å². The minimum atomic E-state index is -0.271. The van der Waals surface area contributed by atoms with Crippen LogP contribution < -0.4 is 15.4 Å². The summed E-state index contributed by atoms with van der Waals surface area (Å²) in [5.74, 6) is 1.00. The second-order valence-corrected chi connectivity index (χ2v) is 8.13. The zero-order valence-electron chi connectivity index (χ0n) is 18.2. The van der Waals surface area contributed by atoms with Gasteiger partial charge in [-0.25, -0.2) is 0 Å². The van der Waals surface area contributed by atoms with Crippen molar-refractivity contribution < 1.29 is 14.3 Å². The fraction of sp³-hybridized carbons (Fsp3) is 0.217. The van der Waals surface area contributed by atoms with Crippen molar-refractivity contribution >= 4 is 46.9 Å². The van der Waals surface area contributed by atoms with Gasteiger partial charge in [-0.3, -0.25) is 9.59 Å². The van der Waals surface area contributed by atoms with Gasteiger partial charge in [-0.2, -0.15) is 0 Å². The quantitative estimate of drug-likeness (QED) is 0.332. The molecule has 1 heterocycles. The first-order valence-corrected chi connectivity index (χ1v) is 11.6. The van der Waals surface area contributed by atoms with Crippen molar-refractivity contribution in [1.82, 2.24) is 20.1 Å².